The molecule has 0 aliphatic heterocycles. The summed E-state index contributed by atoms with van der Waals surface area (Å²) in [6.45, 7) is 1.99. The average Bonchev–Trinajstić information content (AvgIpc) is 2.96. The number of carbonyl (C=O) groups excluding carboxylic acids is 1. The first-order valence-electron chi connectivity index (χ1n) is 5.48. The van der Waals surface area contributed by atoms with E-state index in [0.717, 1.165) is 24.3 Å². The Morgan fingerprint density at radius 2 is 2.25 bits per heavy atom. The van der Waals surface area contributed by atoms with Crippen LogP contribution in [0.5, 0.6) is 0 Å². The first kappa shape index (κ1) is 11.5. The molecule has 1 saturated carbocycles. The second-order valence-corrected chi connectivity index (χ2v) is 5.02. The maximum atomic E-state index is 10.8. The second-order valence-electron chi connectivity index (χ2n) is 4.59. The first-order valence-corrected chi connectivity index (χ1v) is 5.85. The Morgan fingerprint density at radius 1 is 1.50 bits per heavy atom. The molecule has 0 aromatic heterocycles. The number of rotatable bonds is 4. The molecule has 0 bridgehead atoms. The van der Waals surface area contributed by atoms with E-state index in [1.807, 2.05) is 18.2 Å². The van der Waals surface area contributed by atoms with Crippen LogP contribution in [0.25, 0.3) is 0 Å². The van der Waals surface area contributed by atoms with Crippen LogP contribution in [0, 0.1) is 5.41 Å². The number of halogens is 1. The highest BCUT2D eigenvalue weighted by molar-refractivity contribution is 6.30. The van der Waals surface area contributed by atoms with Crippen molar-refractivity contribution in [1.29, 1.82) is 0 Å². The van der Waals surface area contributed by atoms with Crippen LogP contribution in [-0.2, 0) is 16.0 Å². The first-order chi connectivity index (χ1) is 7.60. The maximum Gasteiger partial charge on any atom is 0.302 e. The van der Waals surface area contributed by atoms with Gasteiger partial charge < -0.3 is 4.74 Å². The lowest BCUT2D eigenvalue weighted by Crippen LogP contribution is -2.15. The van der Waals surface area contributed by atoms with Crippen molar-refractivity contribution in [3.8, 4) is 0 Å². The summed E-state index contributed by atoms with van der Waals surface area (Å²) in [5, 5.41) is 0.765. The van der Waals surface area contributed by atoms with E-state index in [1.54, 1.807) is 0 Å². The predicted octanol–water partition coefficient (Wildman–Crippen LogP) is 3.23. The van der Waals surface area contributed by atoms with Crippen LogP contribution in [-0.4, -0.2) is 12.6 Å². The van der Waals surface area contributed by atoms with E-state index in [-0.39, 0.29) is 11.4 Å². The van der Waals surface area contributed by atoms with Crippen molar-refractivity contribution < 1.29 is 9.53 Å². The summed E-state index contributed by atoms with van der Waals surface area (Å²) < 4.78 is 5.10. The molecule has 2 nitrogen and oxygen atoms in total. The van der Waals surface area contributed by atoms with Gasteiger partial charge in [0.2, 0.25) is 0 Å². The van der Waals surface area contributed by atoms with E-state index in [4.69, 9.17) is 16.3 Å². The van der Waals surface area contributed by atoms with Crippen LogP contribution in [0.4, 0.5) is 0 Å². The lowest BCUT2D eigenvalue weighted by atomic mass is 9.97. The van der Waals surface area contributed by atoms with Crippen LogP contribution in [0.1, 0.15) is 25.3 Å². The SMILES string of the molecule is CC(=O)OCC1(Cc2cccc(Cl)c2)CC1. The van der Waals surface area contributed by atoms with Gasteiger partial charge in [-0.15, -0.1) is 0 Å². The number of hydrogen-bond donors (Lipinski definition) is 0. The molecule has 0 radical (unpaired) electrons. The van der Waals surface area contributed by atoms with Crippen LogP contribution in [0.15, 0.2) is 24.3 Å². The minimum Gasteiger partial charge on any atom is -0.465 e. The van der Waals surface area contributed by atoms with Crippen molar-refractivity contribution in [2.75, 3.05) is 6.61 Å². The van der Waals surface area contributed by atoms with Crippen LogP contribution >= 0.6 is 11.6 Å². The van der Waals surface area contributed by atoms with E-state index in [9.17, 15) is 4.79 Å². The lowest BCUT2D eigenvalue weighted by molar-refractivity contribution is -0.142. The van der Waals surface area contributed by atoms with Crippen molar-refractivity contribution in [2.24, 2.45) is 5.41 Å². The smallest absolute Gasteiger partial charge is 0.302 e. The summed E-state index contributed by atoms with van der Waals surface area (Å²) in [5.41, 5.74) is 1.40. The maximum absolute atomic E-state index is 10.8. The van der Waals surface area contributed by atoms with E-state index < -0.39 is 0 Å². The number of hydrogen-bond acceptors (Lipinski definition) is 2. The van der Waals surface area contributed by atoms with E-state index in [0.29, 0.717) is 6.61 Å². The molecule has 0 amide bonds. The van der Waals surface area contributed by atoms with Crippen molar-refractivity contribution in [3.05, 3.63) is 34.9 Å². The van der Waals surface area contributed by atoms with Crippen molar-refractivity contribution >= 4 is 17.6 Å². The van der Waals surface area contributed by atoms with Gasteiger partial charge >= 0.3 is 5.97 Å². The van der Waals surface area contributed by atoms with Gasteiger partial charge in [-0.25, -0.2) is 0 Å². The highest BCUT2D eigenvalue weighted by atomic mass is 35.5. The third kappa shape index (κ3) is 2.99. The van der Waals surface area contributed by atoms with Gasteiger partial charge in [0.15, 0.2) is 0 Å². The van der Waals surface area contributed by atoms with Crippen LogP contribution < -0.4 is 0 Å². The normalized spacial score (nSPS) is 16.9. The zero-order valence-corrected chi connectivity index (χ0v) is 10.1. The molecule has 0 atom stereocenters. The molecule has 1 aromatic rings. The topological polar surface area (TPSA) is 26.3 Å². The minimum absolute atomic E-state index is 0.177. The summed E-state index contributed by atoms with van der Waals surface area (Å²) in [6.07, 6.45) is 3.21. The Balaban J connectivity index is 1.96. The fraction of sp³-hybridized carbons (Fsp3) is 0.462. The Labute approximate surface area is 101 Å². The Morgan fingerprint density at radius 3 is 2.81 bits per heavy atom. The fourth-order valence-corrected chi connectivity index (χ4v) is 2.10. The molecule has 0 saturated heterocycles. The van der Waals surface area contributed by atoms with E-state index >= 15 is 0 Å². The molecule has 1 fully saturated rings. The number of carbonyl (C=O) groups is 1. The molecule has 1 aromatic carbocycles. The zero-order valence-electron chi connectivity index (χ0n) is 9.33. The summed E-state index contributed by atoms with van der Waals surface area (Å²) in [5.74, 6) is -0.197. The van der Waals surface area contributed by atoms with E-state index in [2.05, 4.69) is 6.07 Å². The van der Waals surface area contributed by atoms with Gasteiger partial charge in [-0.05, 0) is 37.0 Å². The van der Waals surface area contributed by atoms with Gasteiger partial charge in [-0.3, -0.25) is 4.79 Å². The molecule has 0 unspecified atom stereocenters. The Kier molecular flexibility index (Phi) is 3.20. The van der Waals surface area contributed by atoms with Gasteiger partial charge in [-0.1, -0.05) is 23.7 Å². The van der Waals surface area contributed by atoms with Gasteiger partial charge in [0.25, 0.3) is 0 Å². The van der Waals surface area contributed by atoms with Crippen molar-refractivity contribution in [3.63, 3.8) is 0 Å². The third-order valence-corrected chi connectivity index (χ3v) is 3.24. The van der Waals surface area contributed by atoms with Crippen LogP contribution in [0.2, 0.25) is 5.02 Å². The number of benzene rings is 1. The lowest BCUT2D eigenvalue weighted by Gasteiger charge is -2.14. The summed E-state index contributed by atoms with van der Waals surface area (Å²) in [7, 11) is 0. The summed E-state index contributed by atoms with van der Waals surface area (Å²) in [4.78, 5) is 10.8. The quantitative estimate of drug-likeness (QED) is 0.753. The third-order valence-electron chi connectivity index (χ3n) is 3.01. The summed E-state index contributed by atoms with van der Waals surface area (Å²) in [6, 6.07) is 7.88. The molecule has 0 heterocycles. The van der Waals surface area contributed by atoms with Crippen molar-refractivity contribution in [2.45, 2.75) is 26.2 Å². The van der Waals surface area contributed by atoms with Gasteiger partial charge in [0, 0.05) is 17.4 Å². The van der Waals surface area contributed by atoms with Crippen LogP contribution in [0.3, 0.4) is 0 Å². The molecular weight excluding hydrogens is 224 g/mol. The highest BCUT2D eigenvalue weighted by Crippen LogP contribution is 2.48. The summed E-state index contributed by atoms with van der Waals surface area (Å²) >= 11 is 5.94. The van der Waals surface area contributed by atoms with E-state index in [1.165, 1.54) is 12.5 Å². The number of esters is 1. The number of ether oxygens (including phenoxy) is 1. The molecule has 3 heteroatoms. The zero-order chi connectivity index (χ0) is 11.6. The largest absolute Gasteiger partial charge is 0.465 e. The highest BCUT2D eigenvalue weighted by Gasteiger charge is 2.43. The second kappa shape index (κ2) is 4.46. The molecule has 1 aliphatic rings. The van der Waals surface area contributed by atoms with Gasteiger partial charge in [0.05, 0.1) is 6.61 Å². The molecular formula is C13H15ClO2. The van der Waals surface area contributed by atoms with Gasteiger partial charge in [0.1, 0.15) is 0 Å². The molecule has 86 valence electrons. The Hall–Kier alpha value is -1.02. The molecule has 1 aliphatic carbocycles. The average molecular weight is 239 g/mol. The Bertz CT molecular complexity index is 397. The fourth-order valence-electron chi connectivity index (χ4n) is 1.88. The standard InChI is InChI=1S/C13H15ClO2/c1-10(15)16-9-13(5-6-13)8-11-3-2-4-12(14)7-11/h2-4,7H,5-6,8-9H2,1H3. The minimum atomic E-state index is -0.197. The predicted molar refractivity (Wildman–Crippen MR) is 63.5 cm³/mol. The molecule has 2 rings (SSSR count). The molecule has 16 heavy (non-hydrogen) atoms. The molecule has 0 N–H and O–H groups in total. The van der Waals surface area contributed by atoms with Gasteiger partial charge in [-0.2, -0.15) is 0 Å². The monoisotopic (exact) mass is 238 g/mol. The van der Waals surface area contributed by atoms with Crippen molar-refractivity contribution in [1.82, 2.24) is 0 Å². The molecule has 0 spiro atoms.